The van der Waals surface area contributed by atoms with Gasteiger partial charge in [-0.3, -0.25) is 0 Å². The van der Waals surface area contributed by atoms with Gasteiger partial charge in [0, 0.05) is 18.8 Å². The predicted octanol–water partition coefficient (Wildman–Crippen LogP) is 1.22. The number of sulfone groups is 1. The van der Waals surface area contributed by atoms with Gasteiger partial charge in [-0.25, -0.2) is 8.42 Å². The third kappa shape index (κ3) is 5.19. The fourth-order valence-corrected chi connectivity index (χ4v) is 2.13. The molecule has 0 aliphatic heterocycles. The second-order valence-electron chi connectivity index (χ2n) is 3.76. The van der Waals surface area contributed by atoms with E-state index < -0.39 is 9.84 Å². The molecule has 1 aromatic carbocycles. The monoisotopic (exact) mass is 257 g/mol. The van der Waals surface area contributed by atoms with Crippen LogP contribution in [0, 0.1) is 0 Å². The van der Waals surface area contributed by atoms with Gasteiger partial charge in [0.25, 0.3) is 0 Å². The first-order valence-electron chi connectivity index (χ1n) is 5.61. The number of methoxy groups -OCH3 is 1. The molecule has 96 valence electrons. The van der Waals surface area contributed by atoms with Crippen molar-refractivity contribution in [2.45, 2.75) is 13.5 Å². The smallest absolute Gasteiger partial charge is 0.151 e. The van der Waals surface area contributed by atoms with Crippen molar-refractivity contribution in [2.24, 2.45) is 0 Å². The molecule has 1 N–H and O–H groups in total. The third-order valence-electron chi connectivity index (χ3n) is 2.49. The second-order valence-corrected chi connectivity index (χ2v) is 6.24. The molecule has 0 bridgehead atoms. The van der Waals surface area contributed by atoms with Gasteiger partial charge < -0.3 is 10.1 Å². The number of rotatable bonds is 7. The van der Waals surface area contributed by atoms with Gasteiger partial charge >= 0.3 is 0 Å². The number of nitrogens with one attached hydrogen (secondary N) is 1. The highest BCUT2D eigenvalue weighted by Gasteiger charge is 2.05. The topological polar surface area (TPSA) is 55.4 Å². The number of hydrogen-bond acceptors (Lipinski definition) is 4. The number of hydrogen-bond donors (Lipinski definition) is 1. The third-order valence-corrected chi connectivity index (χ3v) is 4.20. The summed E-state index contributed by atoms with van der Waals surface area (Å²) in [6.07, 6.45) is 0. The molecule has 0 aromatic heterocycles. The van der Waals surface area contributed by atoms with Crippen LogP contribution in [0.15, 0.2) is 24.3 Å². The molecule has 5 heteroatoms. The lowest BCUT2D eigenvalue weighted by atomic mass is 10.2. The Morgan fingerprint density at radius 1 is 1.35 bits per heavy atom. The molecule has 17 heavy (non-hydrogen) atoms. The van der Waals surface area contributed by atoms with Gasteiger partial charge in [-0.05, 0) is 17.7 Å². The predicted molar refractivity (Wildman–Crippen MR) is 69.0 cm³/mol. The normalized spacial score (nSPS) is 11.4. The van der Waals surface area contributed by atoms with Gasteiger partial charge in [0.15, 0.2) is 9.84 Å². The molecule has 0 aliphatic rings. The summed E-state index contributed by atoms with van der Waals surface area (Å²) in [5, 5.41) is 3.11. The highest BCUT2D eigenvalue weighted by atomic mass is 32.2. The highest BCUT2D eigenvalue weighted by Crippen LogP contribution is 2.11. The van der Waals surface area contributed by atoms with Crippen molar-refractivity contribution in [2.75, 3.05) is 25.2 Å². The molecule has 4 nitrogen and oxygen atoms in total. The van der Waals surface area contributed by atoms with Crippen molar-refractivity contribution in [3.05, 3.63) is 29.8 Å². The van der Waals surface area contributed by atoms with Crippen LogP contribution in [0.25, 0.3) is 0 Å². The van der Waals surface area contributed by atoms with Crippen LogP contribution in [-0.2, 0) is 16.4 Å². The van der Waals surface area contributed by atoms with Gasteiger partial charge in [0.1, 0.15) is 5.75 Å². The van der Waals surface area contributed by atoms with E-state index in [0.29, 0.717) is 13.1 Å². The summed E-state index contributed by atoms with van der Waals surface area (Å²) >= 11 is 0. The molecule has 0 radical (unpaired) electrons. The van der Waals surface area contributed by atoms with E-state index in [9.17, 15) is 8.42 Å². The van der Waals surface area contributed by atoms with Crippen LogP contribution in [0.4, 0.5) is 0 Å². The zero-order valence-corrected chi connectivity index (χ0v) is 11.1. The first-order valence-corrected chi connectivity index (χ1v) is 7.43. The molecule has 1 aromatic rings. The Balaban J connectivity index is 2.36. The van der Waals surface area contributed by atoms with E-state index in [4.69, 9.17) is 4.74 Å². The molecule has 0 atom stereocenters. The zero-order chi connectivity index (χ0) is 12.7. The summed E-state index contributed by atoms with van der Waals surface area (Å²) < 4.78 is 27.6. The summed E-state index contributed by atoms with van der Waals surface area (Å²) in [6.45, 7) is 2.79. The summed E-state index contributed by atoms with van der Waals surface area (Å²) in [5.41, 5.74) is 1.08. The maximum atomic E-state index is 11.3. The Morgan fingerprint density at radius 3 is 2.76 bits per heavy atom. The molecule has 0 spiro atoms. The van der Waals surface area contributed by atoms with Gasteiger partial charge in [0.05, 0.1) is 12.9 Å². The molecule has 1 rings (SSSR count). The van der Waals surface area contributed by atoms with Crippen LogP contribution in [0.1, 0.15) is 12.5 Å². The van der Waals surface area contributed by atoms with Gasteiger partial charge in [-0.2, -0.15) is 0 Å². The van der Waals surface area contributed by atoms with E-state index in [1.54, 1.807) is 14.0 Å². The molecule has 0 unspecified atom stereocenters. The Labute approximate surface area is 103 Å². The standard InChI is InChI=1S/C12H19NO3S/c1-3-17(14,15)8-7-13-10-11-5-4-6-12(9-11)16-2/h4-6,9,13H,3,7-8,10H2,1-2H3. The zero-order valence-electron chi connectivity index (χ0n) is 10.3. The van der Waals surface area contributed by atoms with Crippen molar-refractivity contribution >= 4 is 9.84 Å². The summed E-state index contributed by atoms with van der Waals surface area (Å²) in [5.74, 6) is 1.20. The molecular formula is C12H19NO3S. The van der Waals surface area contributed by atoms with E-state index in [0.717, 1.165) is 11.3 Å². The fraction of sp³-hybridized carbons (Fsp3) is 0.500. The average molecular weight is 257 g/mol. The van der Waals surface area contributed by atoms with E-state index >= 15 is 0 Å². The van der Waals surface area contributed by atoms with E-state index in [1.807, 2.05) is 24.3 Å². The molecule has 0 heterocycles. The lowest BCUT2D eigenvalue weighted by Crippen LogP contribution is -2.23. The van der Waals surface area contributed by atoms with E-state index in [1.165, 1.54) is 0 Å². The minimum Gasteiger partial charge on any atom is -0.497 e. The largest absolute Gasteiger partial charge is 0.497 e. The lowest BCUT2D eigenvalue weighted by Gasteiger charge is -2.06. The minimum atomic E-state index is -2.87. The van der Waals surface area contributed by atoms with E-state index in [2.05, 4.69) is 5.32 Å². The Kier molecular flexibility index (Phi) is 5.44. The summed E-state index contributed by atoms with van der Waals surface area (Å²) in [7, 11) is -1.25. The molecule has 0 saturated carbocycles. The van der Waals surface area contributed by atoms with Crippen molar-refractivity contribution in [3.63, 3.8) is 0 Å². The second kappa shape index (κ2) is 6.61. The first-order chi connectivity index (χ1) is 8.07. The van der Waals surface area contributed by atoms with Gasteiger partial charge in [-0.1, -0.05) is 19.1 Å². The average Bonchev–Trinajstić information content (AvgIpc) is 2.35. The number of ether oxygens (including phenoxy) is 1. The lowest BCUT2D eigenvalue weighted by molar-refractivity contribution is 0.414. The van der Waals surface area contributed by atoms with Crippen molar-refractivity contribution in [3.8, 4) is 5.75 Å². The van der Waals surface area contributed by atoms with Crippen LogP contribution in [-0.4, -0.2) is 33.6 Å². The van der Waals surface area contributed by atoms with Crippen molar-refractivity contribution in [1.82, 2.24) is 5.32 Å². The Hall–Kier alpha value is -1.07. The first kappa shape index (κ1) is 14.0. The summed E-state index contributed by atoms with van der Waals surface area (Å²) in [6, 6.07) is 7.70. The van der Waals surface area contributed by atoms with Crippen LogP contribution >= 0.6 is 0 Å². The van der Waals surface area contributed by atoms with Gasteiger partial charge in [0.2, 0.25) is 0 Å². The molecule has 0 aliphatic carbocycles. The summed E-state index contributed by atoms with van der Waals surface area (Å²) in [4.78, 5) is 0. The SMILES string of the molecule is CCS(=O)(=O)CCNCc1cccc(OC)c1. The maximum absolute atomic E-state index is 11.3. The molecule has 0 saturated heterocycles. The molecule has 0 amide bonds. The van der Waals surface area contributed by atoms with Crippen LogP contribution in [0.3, 0.4) is 0 Å². The van der Waals surface area contributed by atoms with Crippen molar-refractivity contribution in [1.29, 1.82) is 0 Å². The number of benzene rings is 1. The fourth-order valence-electron chi connectivity index (χ4n) is 1.39. The quantitative estimate of drug-likeness (QED) is 0.746. The molecule has 0 fully saturated rings. The highest BCUT2D eigenvalue weighted by molar-refractivity contribution is 7.91. The minimum absolute atomic E-state index is 0.188. The molecular weight excluding hydrogens is 238 g/mol. The van der Waals surface area contributed by atoms with E-state index in [-0.39, 0.29) is 11.5 Å². The Morgan fingerprint density at radius 2 is 2.12 bits per heavy atom. The Bertz CT molecular complexity index is 443. The van der Waals surface area contributed by atoms with Crippen LogP contribution in [0.5, 0.6) is 5.75 Å². The van der Waals surface area contributed by atoms with Crippen LogP contribution < -0.4 is 10.1 Å². The van der Waals surface area contributed by atoms with Crippen molar-refractivity contribution < 1.29 is 13.2 Å². The van der Waals surface area contributed by atoms with Crippen LogP contribution in [0.2, 0.25) is 0 Å². The van der Waals surface area contributed by atoms with Gasteiger partial charge in [-0.15, -0.1) is 0 Å². The maximum Gasteiger partial charge on any atom is 0.151 e.